The molecule has 124 valence electrons. The fourth-order valence-corrected chi connectivity index (χ4v) is 3.13. The highest BCUT2D eigenvalue weighted by atomic mass is 16.4. The Bertz CT molecular complexity index is 388. The van der Waals surface area contributed by atoms with E-state index in [1.165, 1.54) is 0 Å². The number of carboxylic acids is 4. The molecule has 8 nitrogen and oxygen atoms in total. The summed E-state index contributed by atoms with van der Waals surface area (Å²) in [6, 6.07) is 0. The van der Waals surface area contributed by atoms with Crippen LogP contribution in [0.4, 0.5) is 0 Å². The molecule has 0 aliphatic heterocycles. The summed E-state index contributed by atoms with van der Waals surface area (Å²) in [5.74, 6) is -9.36. The van der Waals surface area contributed by atoms with Gasteiger partial charge in [-0.25, -0.2) is 0 Å². The quantitative estimate of drug-likeness (QED) is 0.487. The Balaban J connectivity index is 2.82. The standard InChI is InChI=1S/C14H20O8/c15-11(16)9(12(17)18)5-7-3-1-2-4-8(7)6-10(13(19)20)14(21)22/h7-10H,1-6H2,(H,15,16)(H,17,18)(H,19,20)(H,21,22). The van der Waals surface area contributed by atoms with E-state index in [2.05, 4.69) is 0 Å². The van der Waals surface area contributed by atoms with Crippen LogP contribution in [0.15, 0.2) is 0 Å². The van der Waals surface area contributed by atoms with Crippen molar-refractivity contribution in [2.24, 2.45) is 23.7 Å². The predicted molar refractivity (Wildman–Crippen MR) is 72.2 cm³/mol. The minimum absolute atomic E-state index is 0.0959. The molecule has 1 aliphatic rings. The van der Waals surface area contributed by atoms with E-state index in [0.717, 1.165) is 12.8 Å². The molecule has 0 aromatic heterocycles. The summed E-state index contributed by atoms with van der Waals surface area (Å²) in [5, 5.41) is 35.8. The molecule has 22 heavy (non-hydrogen) atoms. The van der Waals surface area contributed by atoms with Gasteiger partial charge in [0.1, 0.15) is 0 Å². The summed E-state index contributed by atoms with van der Waals surface area (Å²) >= 11 is 0. The SMILES string of the molecule is O=C(O)C(CC1CCCCC1CC(C(=O)O)C(=O)O)C(=O)O. The van der Waals surface area contributed by atoms with E-state index in [1.54, 1.807) is 0 Å². The minimum atomic E-state index is -1.54. The lowest BCUT2D eigenvalue weighted by Crippen LogP contribution is -2.33. The summed E-state index contributed by atoms with van der Waals surface area (Å²) in [4.78, 5) is 44.0. The molecule has 2 unspecified atom stereocenters. The Morgan fingerprint density at radius 1 is 0.682 bits per heavy atom. The van der Waals surface area contributed by atoms with Gasteiger partial charge in [-0.2, -0.15) is 0 Å². The van der Waals surface area contributed by atoms with Gasteiger partial charge in [-0.05, 0) is 24.7 Å². The maximum absolute atomic E-state index is 11.0. The van der Waals surface area contributed by atoms with Crippen LogP contribution >= 0.6 is 0 Å². The molecule has 1 fully saturated rings. The van der Waals surface area contributed by atoms with Crippen LogP contribution in [0, 0.1) is 23.7 Å². The van der Waals surface area contributed by atoms with E-state index in [0.29, 0.717) is 12.8 Å². The first kappa shape index (κ1) is 17.9. The van der Waals surface area contributed by atoms with Crippen molar-refractivity contribution < 1.29 is 39.6 Å². The van der Waals surface area contributed by atoms with Crippen LogP contribution in [0.5, 0.6) is 0 Å². The van der Waals surface area contributed by atoms with Gasteiger partial charge >= 0.3 is 23.9 Å². The molecule has 0 spiro atoms. The highest BCUT2D eigenvalue weighted by molar-refractivity contribution is 5.93. The molecule has 0 aromatic rings. The largest absolute Gasteiger partial charge is 0.481 e. The van der Waals surface area contributed by atoms with Crippen LogP contribution in [0.25, 0.3) is 0 Å². The Morgan fingerprint density at radius 3 is 1.18 bits per heavy atom. The first-order chi connectivity index (χ1) is 10.2. The third kappa shape index (κ3) is 4.71. The lowest BCUT2D eigenvalue weighted by atomic mass is 9.71. The molecule has 0 radical (unpaired) electrons. The fraction of sp³-hybridized carbons (Fsp3) is 0.714. The van der Waals surface area contributed by atoms with Crippen molar-refractivity contribution in [2.75, 3.05) is 0 Å². The normalized spacial score (nSPS) is 21.7. The van der Waals surface area contributed by atoms with Crippen molar-refractivity contribution in [3.05, 3.63) is 0 Å². The third-order valence-corrected chi connectivity index (χ3v) is 4.34. The second-order valence-corrected chi connectivity index (χ2v) is 5.73. The Morgan fingerprint density at radius 2 is 0.955 bits per heavy atom. The van der Waals surface area contributed by atoms with Gasteiger partial charge in [-0.15, -0.1) is 0 Å². The van der Waals surface area contributed by atoms with Gasteiger partial charge in [0.2, 0.25) is 0 Å². The van der Waals surface area contributed by atoms with Gasteiger partial charge < -0.3 is 20.4 Å². The van der Waals surface area contributed by atoms with E-state index >= 15 is 0 Å². The van der Waals surface area contributed by atoms with Crippen LogP contribution in [0.3, 0.4) is 0 Å². The Hall–Kier alpha value is -2.12. The third-order valence-electron chi connectivity index (χ3n) is 4.34. The molecular formula is C14H20O8. The van der Waals surface area contributed by atoms with E-state index < -0.39 is 35.7 Å². The van der Waals surface area contributed by atoms with E-state index in [9.17, 15) is 19.2 Å². The van der Waals surface area contributed by atoms with Gasteiger partial charge in [-0.3, -0.25) is 19.2 Å². The van der Waals surface area contributed by atoms with Gasteiger partial charge in [-0.1, -0.05) is 25.7 Å². The molecule has 0 saturated heterocycles. The first-order valence-electron chi connectivity index (χ1n) is 7.15. The maximum Gasteiger partial charge on any atom is 0.317 e. The number of rotatable bonds is 8. The van der Waals surface area contributed by atoms with E-state index in [1.807, 2.05) is 0 Å². The molecule has 2 atom stereocenters. The summed E-state index contributed by atoms with van der Waals surface area (Å²) in [7, 11) is 0. The zero-order chi connectivity index (χ0) is 16.9. The highest BCUT2D eigenvalue weighted by Crippen LogP contribution is 2.38. The molecule has 1 saturated carbocycles. The van der Waals surface area contributed by atoms with E-state index in [-0.39, 0.29) is 24.7 Å². The molecule has 1 aliphatic carbocycles. The van der Waals surface area contributed by atoms with Crippen molar-refractivity contribution in [3.63, 3.8) is 0 Å². The minimum Gasteiger partial charge on any atom is -0.481 e. The number of hydrogen-bond acceptors (Lipinski definition) is 4. The average molecular weight is 316 g/mol. The number of aliphatic carboxylic acids is 4. The van der Waals surface area contributed by atoms with E-state index in [4.69, 9.17) is 20.4 Å². The molecule has 0 bridgehead atoms. The maximum atomic E-state index is 11.0. The molecule has 0 amide bonds. The topological polar surface area (TPSA) is 149 Å². The second kappa shape index (κ2) is 7.77. The van der Waals surface area contributed by atoms with Crippen LogP contribution in [-0.2, 0) is 19.2 Å². The van der Waals surface area contributed by atoms with Gasteiger partial charge in [0, 0.05) is 0 Å². The number of hydrogen-bond donors (Lipinski definition) is 4. The smallest absolute Gasteiger partial charge is 0.317 e. The van der Waals surface area contributed by atoms with Gasteiger partial charge in [0.25, 0.3) is 0 Å². The Kier molecular flexibility index (Phi) is 6.33. The molecule has 0 heterocycles. The number of carbonyl (C=O) groups is 4. The second-order valence-electron chi connectivity index (χ2n) is 5.73. The van der Waals surface area contributed by atoms with Crippen molar-refractivity contribution in [2.45, 2.75) is 38.5 Å². The van der Waals surface area contributed by atoms with Crippen molar-refractivity contribution >= 4 is 23.9 Å². The molecule has 4 N–H and O–H groups in total. The van der Waals surface area contributed by atoms with Crippen LogP contribution in [0.2, 0.25) is 0 Å². The molecular weight excluding hydrogens is 296 g/mol. The number of carboxylic acid groups (broad SMARTS) is 4. The van der Waals surface area contributed by atoms with Gasteiger partial charge in [0.05, 0.1) is 0 Å². The monoisotopic (exact) mass is 316 g/mol. The summed E-state index contributed by atoms with van der Waals surface area (Å²) < 4.78 is 0. The van der Waals surface area contributed by atoms with Crippen LogP contribution in [-0.4, -0.2) is 44.3 Å². The fourth-order valence-electron chi connectivity index (χ4n) is 3.13. The van der Waals surface area contributed by atoms with Crippen LogP contribution < -0.4 is 0 Å². The highest BCUT2D eigenvalue weighted by Gasteiger charge is 2.37. The van der Waals surface area contributed by atoms with Crippen molar-refractivity contribution in [1.29, 1.82) is 0 Å². The summed E-state index contributed by atoms with van der Waals surface area (Å²) in [6.07, 6.45) is 2.60. The Labute approximate surface area is 126 Å². The zero-order valence-electron chi connectivity index (χ0n) is 12.0. The molecule has 0 aromatic carbocycles. The lowest BCUT2D eigenvalue weighted by molar-refractivity contribution is -0.159. The average Bonchev–Trinajstić information content (AvgIpc) is 2.41. The summed E-state index contributed by atoms with van der Waals surface area (Å²) in [5.41, 5.74) is 0. The first-order valence-corrected chi connectivity index (χ1v) is 7.15. The van der Waals surface area contributed by atoms with Crippen molar-refractivity contribution in [1.82, 2.24) is 0 Å². The molecule has 1 rings (SSSR count). The predicted octanol–water partition coefficient (Wildman–Crippen LogP) is 1.14. The van der Waals surface area contributed by atoms with Crippen LogP contribution in [0.1, 0.15) is 38.5 Å². The van der Waals surface area contributed by atoms with Gasteiger partial charge in [0.15, 0.2) is 11.8 Å². The summed E-state index contributed by atoms with van der Waals surface area (Å²) in [6.45, 7) is 0. The zero-order valence-corrected chi connectivity index (χ0v) is 12.0. The molecule has 8 heteroatoms. The lowest BCUT2D eigenvalue weighted by Gasteiger charge is -2.33. The van der Waals surface area contributed by atoms with Crippen molar-refractivity contribution in [3.8, 4) is 0 Å².